The van der Waals surface area contributed by atoms with Crippen molar-refractivity contribution in [1.29, 1.82) is 0 Å². The van der Waals surface area contributed by atoms with Crippen LogP contribution in [0.25, 0.3) is 0 Å². The van der Waals surface area contributed by atoms with E-state index in [9.17, 15) is 9.59 Å². The van der Waals surface area contributed by atoms with E-state index in [-0.39, 0.29) is 18.6 Å². The molecule has 1 aromatic rings. The molecule has 0 aromatic heterocycles. The van der Waals surface area contributed by atoms with Crippen LogP contribution in [0.2, 0.25) is 0 Å². The zero-order valence-corrected chi connectivity index (χ0v) is 13.5. The standard InChI is InChI=1S/C18H23NO3/c1-5-9-16(20)12-13-19(17(21)22-18(2,3)4)14-15-10-7-6-8-11-15/h1,6-8,10-11H,9,12-14H2,2-4H3. The first kappa shape index (κ1) is 17.8. The first-order valence-electron chi connectivity index (χ1n) is 7.29. The Morgan fingerprint density at radius 1 is 1.23 bits per heavy atom. The number of terminal acetylenes is 1. The van der Waals surface area contributed by atoms with E-state index < -0.39 is 11.7 Å². The highest BCUT2D eigenvalue weighted by Crippen LogP contribution is 2.13. The maximum atomic E-state index is 12.3. The maximum Gasteiger partial charge on any atom is 0.410 e. The Morgan fingerprint density at radius 3 is 2.41 bits per heavy atom. The topological polar surface area (TPSA) is 46.6 Å². The van der Waals surface area contributed by atoms with Crippen molar-refractivity contribution >= 4 is 11.9 Å². The number of amides is 1. The number of benzene rings is 1. The molecule has 0 N–H and O–H groups in total. The third kappa shape index (κ3) is 6.94. The van der Waals surface area contributed by atoms with E-state index in [1.165, 1.54) is 4.90 Å². The van der Waals surface area contributed by atoms with Crippen LogP contribution < -0.4 is 0 Å². The van der Waals surface area contributed by atoms with Crippen LogP contribution in [0.4, 0.5) is 4.79 Å². The van der Waals surface area contributed by atoms with Crippen molar-refractivity contribution < 1.29 is 14.3 Å². The Morgan fingerprint density at radius 2 is 1.86 bits per heavy atom. The second-order valence-electron chi connectivity index (χ2n) is 6.06. The molecule has 0 fully saturated rings. The molecule has 0 radical (unpaired) electrons. The van der Waals surface area contributed by atoms with E-state index in [0.717, 1.165) is 5.56 Å². The normalized spacial score (nSPS) is 10.6. The molecule has 1 rings (SSSR count). The number of ketones is 1. The molecule has 0 atom stereocenters. The molecule has 0 bridgehead atoms. The van der Waals surface area contributed by atoms with E-state index in [1.807, 2.05) is 51.1 Å². The monoisotopic (exact) mass is 301 g/mol. The van der Waals surface area contributed by atoms with Crippen LogP contribution in [0.1, 0.15) is 39.2 Å². The van der Waals surface area contributed by atoms with E-state index >= 15 is 0 Å². The summed E-state index contributed by atoms with van der Waals surface area (Å²) in [5, 5.41) is 0. The lowest BCUT2D eigenvalue weighted by Crippen LogP contribution is -2.37. The molecular formula is C18H23NO3. The smallest absolute Gasteiger partial charge is 0.410 e. The van der Waals surface area contributed by atoms with E-state index in [1.54, 1.807) is 0 Å². The maximum absolute atomic E-state index is 12.3. The number of nitrogens with zero attached hydrogens (tertiary/aromatic N) is 1. The van der Waals surface area contributed by atoms with Gasteiger partial charge in [-0.3, -0.25) is 4.79 Å². The molecule has 0 heterocycles. The van der Waals surface area contributed by atoms with Crippen LogP contribution in [-0.4, -0.2) is 28.9 Å². The summed E-state index contributed by atoms with van der Waals surface area (Å²) in [6.45, 7) is 6.14. The van der Waals surface area contributed by atoms with E-state index in [0.29, 0.717) is 13.1 Å². The first-order chi connectivity index (χ1) is 10.3. The molecule has 0 unspecified atom stereocenters. The Bertz CT molecular complexity index is 538. The SMILES string of the molecule is C#CCC(=O)CCN(Cc1ccccc1)C(=O)OC(C)(C)C. The highest BCUT2D eigenvalue weighted by atomic mass is 16.6. The molecule has 4 nitrogen and oxygen atoms in total. The van der Waals surface area contributed by atoms with Crippen LogP contribution in [0.3, 0.4) is 0 Å². The van der Waals surface area contributed by atoms with E-state index in [4.69, 9.17) is 11.2 Å². The quantitative estimate of drug-likeness (QED) is 0.756. The lowest BCUT2D eigenvalue weighted by molar-refractivity contribution is -0.118. The van der Waals surface area contributed by atoms with Crippen molar-refractivity contribution in [3.63, 3.8) is 0 Å². The number of carbonyl (C=O) groups excluding carboxylic acids is 2. The van der Waals surface area contributed by atoms with Gasteiger partial charge in [0.05, 0.1) is 6.42 Å². The van der Waals surface area contributed by atoms with Crippen molar-refractivity contribution in [3.8, 4) is 12.3 Å². The van der Waals surface area contributed by atoms with Crippen molar-refractivity contribution in [2.75, 3.05) is 6.54 Å². The number of rotatable bonds is 6. The summed E-state index contributed by atoms with van der Waals surface area (Å²) >= 11 is 0. The summed E-state index contributed by atoms with van der Waals surface area (Å²) < 4.78 is 5.40. The predicted octanol–water partition coefficient (Wildman–Crippen LogP) is 3.41. The summed E-state index contributed by atoms with van der Waals surface area (Å²) in [7, 11) is 0. The van der Waals surface area contributed by atoms with Gasteiger partial charge in [-0.25, -0.2) is 4.79 Å². The molecule has 0 saturated heterocycles. The minimum Gasteiger partial charge on any atom is -0.444 e. The zero-order chi connectivity index (χ0) is 16.6. The second kappa shape index (κ2) is 8.23. The van der Waals surface area contributed by atoms with Gasteiger partial charge in [0.1, 0.15) is 11.4 Å². The van der Waals surface area contributed by atoms with E-state index in [2.05, 4.69) is 5.92 Å². The van der Waals surface area contributed by atoms with Crippen molar-refractivity contribution in [3.05, 3.63) is 35.9 Å². The number of ether oxygens (including phenoxy) is 1. The highest BCUT2D eigenvalue weighted by Gasteiger charge is 2.22. The van der Waals surface area contributed by atoms with Crippen LogP contribution in [0, 0.1) is 12.3 Å². The van der Waals surface area contributed by atoms with Crippen molar-refractivity contribution in [2.45, 2.75) is 45.8 Å². The van der Waals surface area contributed by atoms with Crippen LogP contribution in [-0.2, 0) is 16.1 Å². The lowest BCUT2D eigenvalue weighted by atomic mass is 10.2. The Balaban J connectivity index is 2.74. The number of Topliss-reactive ketones (excluding diaryl/α,β-unsaturated/α-hetero) is 1. The summed E-state index contributed by atoms with van der Waals surface area (Å²) in [6.07, 6.45) is 5.02. The Hall–Kier alpha value is -2.28. The third-order valence-corrected chi connectivity index (χ3v) is 2.83. The third-order valence-electron chi connectivity index (χ3n) is 2.83. The molecule has 0 aliphatic heterocycles. The zero-order valence-electron chi connectivity index (χ0n) is 13.5. The summed E-state index contributed by atoms with van der Waals surface area (Å²) in [4.78, 5) is 25.4. The van der Waals surface area contributed by atoms with Gasteiger partial charge >= 0.3 is 6.09 Å². The van der Waals surface area contributed by atoms with Gasteiger partial charge in [-0.2, -0.15) is 0 Å². The molecular weight excluding hydrogens is 278 g/mol. The van der Waals surface area contributed by atoms with Crippen molar-refractivity contribution in [1.82, 2.24) is 4.90 Å². The van der Waals surface area contributed by atoms with Gasteiger partial charge in [-0.1, -0.05) is 36.3 Å². The highest BCUT2D eigenvalue weighted by molar-refractivity contribution is 5.81. The van der Waals surface area contributed by atoms with Crippen LogP contribution >= 0.6 is 0 Å². The van der Waals surface area contributed by atoms with Crippen LogP contribution in [0.15, 0.2) is 30.3 Å². The van der Waals surface area contributed by atoms with Crippen LogP contribution in [0.5, 0.6) is 0 Å². The minimum atomic E-state index is -0.575. The number of carbonyl (C=O) groups is 2. The summed E-state index contributed by atoms with van der Waals surface area (Å²) in [5.74, 6) is 2.27. The molecule has 4 heteroatoms. The Labute approximate surface area is 132 Å². The fourth-order valence-electron chi connectivity index (χ4n) is 1.83. The van der Waals surface area contributed by atoms with Gasteiger partial charge in [0.25, 0.3) is 0 Å². The molecule has 0 spiro atoms. The van der Waals surface area contributed by atoms with Gasteiger partial charge < -0.3 is 9.64 Å². The number of hydrogen-bond acceptors (Lipinski definition) is 3. The van der Waals surface area contributed by atoms with Crippen molar-refractivity contribution in [2.24, 2.45) is 0 Å². The van der Waals surface area contributed by atoms with Gasteiger partial charge in [-0.15, -0.1) is 6.42 Å². The molecule has 1 aromatic carbocycles. The minimum absolute atomic E-state index is 0.0517. The molecule has 0 aliphatic carbocycles. The molecule has 0 aliphatic rings. The van der Waals surface area contributed by atoms with Gasteiger partial charge in [0, 0.05) is 19.5 Å². The molecule has 1 amide bonds. The average molecular weight is 301 g/mol. The fourth-order valence-corrected chi connectivity index (χ4v) is 1.83. The summed E-state index contributed by atoms with van der Waals surface area (Å²) in [5.41, 5.74) is 0.409. The average Bonchev–Trinajstić information content (AvgIpc) is 2.43. The lowest BCUT2D eigenvalue weighted by Gasteiger charge is -2.27. The first-order valence-corrected chi connectivity index (χ1v) is 7.29. The predicted molar refractivity (Wildman–Crippen MR) is 86.2 cm³/mol. The molecule has 0 saturated carbocycles. The largest absolute Gasteiger partial charge is 0.444 e. The van der Waals surface area contributed by atoms with Gasteiger partial charge in [0.15, 0.2) is 0 Å². The fraction of sp³-hybridized carbons (Fsp3) is 0.444. The number of hydrogen-bond donors (Lipinski definition) is 0. The summed E-state index contributed by atoms with van der Waals surface area (Å²) in [6, 6.07) is 9.59. The second-order valence-corrected chi connectivity index (χ2v) is 6.06. The van der Waals surface area contributed by atoms with Gasteiger partial charge in [-0.05, 0) is 26.3 Å². The van der Waals surface area contributed by atoms with Gasteiger partial charge in [0.2, 0.25) is 0 Å². The molecule has 118 valence electrons. The Kier molecular flexibility index (Phi) is 6.65. The molecule has 22 heavy (non-hydrogen) atoms.